The van der Waals surface area contributed by atoms with Gasteiger partial charge in [0.05, 0.1) is 12.7 Å². The second-order valence-corrected chi connectivity index (χ2v) is 6.16. The molecule has 3 atom stereocenters. The first-order chi connectivity index (χ1) is 10.9. The molecule has 0 saturated heterocycles. The van der Waals surface area contributed by atoms with Gasteiger partial charge in [0.2, 0.25) is 0 Å². The van der Waals surface area contributed by atoms with Crippen LogP contribution in [0.3, 0.4) is 0 Å². The molecule has 1 aliphatic carbocycles. The lowest BCUT2D eigenvalue weighted by Gasteiger charge is -2.16. The molecule has 1 N–H and O–H groups in total. The monoisotopic (exact) mass is 296 g/mol. The van der Waals surface area contributed by atoms with Crippen LogP contribution in [0.2, 0.25) is 0 Å². The van der Waals surface area contributed by atoms with Crippen molar-refractivity contribution >= 4 is 0 Å². The Balaban J connectivity index is 1.53. The van der Waals surface area contributed by atoms with Crippen molar-refractivity contribution in [3.8, 4) is 0 Å². The van der Waals surface area contributed by atoms with E-state index in [1.807, 2.05) is 12.1 Å². The van der Waals surface area contributed by atoms with E-state index in [-0.39, 0.29) is 12.7 Å². The van der Waals surface area contributed by atoms with Gasteiger partial charge in [-0.05, 0) is 42.2 Å². The summed E-state index contributed by atoms with van der Waals surface area (Å²) in [4.78, 5) is 0. The SMILES string of the molecule is OCC1CC(OCCc2ccccc2)CC1c1ccccc1. The quantitative estimate of drug-likeness (QED) is 0.878. The Bertz CT molecular complexity index is 552. The molecule has 2 aromatic carbocycles. The van der Waals surface area contributed by atoms with Crippen LogP contribution in [0.15, 0.2) is 60.7 Å². The number of rotatable bonds is 6. The van der Waals surface area contributed by atoms with Crippen molar-refractivity contribution in [2.45, 2.75) is 31.3 Å². The lowest BCUT2D eigenvalue weighted by Crippen LogP contribution is -2.12. The van der Waals surface area contributed by atoms with Crippen LogP contribution in [0.5, 0.6) is 0 Å². The Morgan fingerprint density at radius 1 is 0.909 bits per heavy atom. The Kier molecular flexibility index (Phi) is 5.25. The van der Waals surface area contributed by atoms with Gasteiger partial charge in [0, 0.05) is 6.61 Å². The lowest BCUT2D eigenvalue weighted by atomic mass is 9.89. The number of hydrogen-bond donors (Lipinski definition) is 1. The predicted molar refractivity (Wildman–Crippen MR) is 88.9 cm³/mol. The molecular formula is C20H24O2. The van der Waals surface area contributed by atoms with E-state index in [0.29, 0.717) is 11.8 Å². The Morgan fingerprint density at radius 3 is 2.27 bits per heavy atom. The van der Waals surface area contributed by atoms with Gasteiger partial charge in [0.25, 0.3) is 0 Å². The van der Waals surface area contributed by atoms with E-state index in [4.69, 9.17) is 4.74 Å². The molecule has 2 nitrogen and oxygen atoms in total. The van der Waals surface area contributed by atoms with Crippen molar-refractivity contribution in [3.05, 3.63) is 71.8 Å². The minimum Gasteiger partial charge on any atom is -0.396 e. The van der Waals surface area contributed by atoms with E-state index in [1.165, 1.54) is 11.1 Å². The van der Waals surface area contributed by atoms with Crippen LogP contribution in [0.4, 0.5) is 0 Å². The third kappa shape index (κ3) is 3.76. The van der Waals surface area contributed by atoms with Crippen molar-refractivity contribution in [1.29, 1.82) is 0 Å². The molecule has 3 rings (SSSR count). The molecule has 0 aliphatic heterocycles. The smallest absolute Gasteiger partial charge is 0.0585 e. The first kappa shape index (κ1) is 15.3. The molecule has 0 spiro atoms. The van der Waals surface area contributed by atoms with Crippen LogP contribution in [0.25, 0.3) is 0 Å². The number of hydrogen-bond acceptors (Lipinski definition) is 2. The third-order valence-corrected chi connectivity index (χ3v) is 4.70. The summed E-state index contributed by atoms with van der Waals surface area (Å²) in [7, 11) is 0. The minimum absolute atomic E-state index is 0.248. The van der Waals surface area contributed by atoms with Crippen LogP contribution >= 0.6 is 0 Å². The second-order valence-electron chi connectivity index (χ2n) is 6.16. The van der Waals surface area contributed by atoms with Crippen LogP contribution in [0, 0.1) is 5.92 Å². The molecule has 3 unspecified atom stereocenters. The molecule has 0 aromatic heterocycles. The highest BCUT2D eigenvalue weighted by atomic mass is 16.5. The maximum Gasteiger partial charge on any atom is 0.0585 e. The highest BCUT2D eigenvalue weighted by Crippen LogP contribution is 2.40. The van der Waals surface area contributed by atoms with Crippen LogP contribution in [-0.2, 0) is 11.2 Å². The van der Waals surface area contributed by atoms with Crippen molar-refractivity contribution in [2.24, 2.45) is 5.92 Å². The van der Waals surface area contributed by atoms with Crippen molar-refractivity contribution in [1.82, 2.24) is 0 Å². The molecule has 1 saturated carbocycles. The summed E-state index contributed by atoms with van der Waals surface area (Å²) in [6.07, 6.45) is 3.21. The molecule has 22 heavy (non-hydrogen) atoms. The van der Waals surface area contributed by atoms with Crippen molar-refractivity contribution in [2.75, 3.05) is 13.2 Å². The first-order valence-electron chi connectivity index (χ1n) is 8.18. The molecular weight excluding hydrogens is 272 g/mol. The highest BCUT2D eigenvalue weighted by molar-refractivity contribution is 5.22. The fraction of sp³-hybridized carbons (Fsp3) is 0.400. The van der Waals surface area contributed by atoms with Crippen LogP contribution in [0.1, 0.15) is 29.9 Å². The number of aliphatic hydroxyl groups is 1. The largest absolute Gasteiger partial charge is 0.396 e. The van der Waals surface area contributed by atoms with Gasteiger partial charge < -0.3 is 9.84 Å². The maximum atomic E-state index is 9.66. The molecule has 0 bridgehead atoms. The number of aliphatic hydroxyl groups excluding tert-OH is 1. The lowest BCUT2D eigenvalue weighted by molar-refractivity contribution is 0.0549. The predicted octanol–water partition coefficient (Wildman–Crippen LogP) is 3.80. The average molecular weight is 296 g/mol. The van der Waals surface area contributed by atoms with E-state index >= 15 is 0 Å². The van der Waals surface area contributed by atoms with Gasteiger partial charge in [0.15, 0.2) is 0 Å². The van der Waals surface area contributed by atoms with Gasteiger partial charge in [0.1, 0.15) is 0 Å². The van der Waals surface area contributed by atoms with E-state index in [1.54, 1.807) is 0 Å². The molecule has 1 fully saturated rings. The first-order valence-corrected chi connectivity index (χ1v) is 8.18. The summed E-state index contributed by atoms with van der Waals surface area (Å²) < 4.78 is 6.08. The third-order valence-electron chi connectivity index (χ3n) is 4.70. The molecule has 116 valence electrons. The van der Waals surface area contributed by atoms with Gasteiger partial charge in [-0.3, -0.25) is 0 Å². The van der Waals surface area contributed by atoms with E-state index in [9.17, 15) is 5.11 Å². The molecule has 0 radical (unpaired) electrons. The van der Waals surface area contributed by atoms with Crippen LogP contribution < -0.4 is 0 Å². The number of ether oxygens (including phenoxy) is 1. The second kappa shape index (κ2) is 7.57. The van der Waals surface area contributed by atoms with Gasteiger partial charge >= 0.3 is 0 Å². The Labute approximate surface area is 132 Å². The van der Waals surface area contributed by atoms with Gasteiger partial charge in [-0.15, -0.1) is 0 Å². The molecule has 2 aromatic rings. The summed E-state index contributed by atoms with van der Waals surface area (Å²) in [5.41, 5.74) is 2.65. The summed E-state index contributed by atoms with van der Waals surface area (Å²) >= 11 is 0. The van der Waals surface area contributed by atoms with E-state index in [0.717, 1.165) is 25.9 Å². The van der Waals surface area contributed by atoms with E-state index < -0.39 is 0 Å². The fourth-order valence-corrected chi connectivity index (χ4v) is 3.51. The van der Waals surface area contributed by atoms with Crippen LogP contribution in [-0.4, -0.2) is 24.4 Å². The summed E-state index contributed by atoms with van der Waals surface area (Å²) in [6.45, 7) is 1.01. The normalized spacial score (nSPS) is 24.5. The number of benzene rings is 2. The molecule has 2 heteroatoms. The van der Waals surface area contributed by atoms with Crippen molar-refractivity contribution < 1.29 is 9.84 Å². The molecule has 1 aliphatic rings. The highest BCUT2D eigenvalue weighted by Gasteiger charge is 2.35. The average Bonchev–Trinajstić information content (AvgIpc) is 3.00. The van der Waals surface area contributed by atoms with Gasteiger partial charge in [-0.25, -0.2) is 0 Å². The van der Waals surface area contributed by atoms with Gasteiger partial charge in [-0.2, -0.15) is 0 Å². The van der Waals surface area contributed by atoms with E-state index in [2.05, 4.69) is 48.5 Å². The summed E-state index contributed by atoms with van der Waals surface area (Å²) in [5.74, 6) is 0.747. The topological polar surface area (TPSA) is 29.5 Å². The minimum atomic E-state index is 0.248. The van der Waals surface area contributed by atoms with Gasteiger partial charge in [-0.1, -0.05) is 60.7 Å². The standard InChI is InChI=1S/C20H24O2/c21-15-18-13-19(14-20(18)17-9-5-2-6-10-17)22-12-11-16-7-3-1-4-8-16/h1-10,18-21H,11-15H2. The summed E-state index contributed by atoms with van der Waals surface area (Å²) in [5, 5.41) is 9.66. The zero-order valence-electron chi connectivity index (χ0n) is 12.9. The Hall–Kier alpha value is -1.64. The summed E-state index contributed by atoms with van der Waals surface area (Å²) in [6, 6.07) is 21.0. The maximum absolute atomic E-state index is 9.66. The fourth-order valence-electron chi connectivity index (χ4n) is 3.51. The Morgan fingerprint density at radius 2 is 1.59 bits per heavy atom. The van der Waals surface area contributed by atoms with Crippen molar-refractivity contribution in [3.63, 3.8) is 0 Å². The molecule has 0 amide bonds. The zero-order valence-corrected chi connectivity index (χ0v) is 12.9. The zero-order chi connectivity index (χ0) is 15.2. The molecule has 0 heterocycles.